The number of halogens is 1. The molecular formula is C28H25BrO4. The smallest absolute Gasteiger partial charge is 0.179 e. The third-order valence-corrected chi connectivity index (χ3v) is 6.27. The van der Waals surface area contributed by atoms with Crippen LogP contribution in [0.15, 0.2) is 60.7 Å². The van der Waals surface area contributed by atoms with Crippen molar-refractivity contribution in [1.29, 1.82) is 0 Å². The highest BCUT2D eigenvalue weighted by Crippen LogP contribution is 2.44. The first-order chi connectivity index (χ1) is 15.9. The van der Waals surface area contributed by atoms with E-state index in [9.17, 15) is 0 Å². The van der Waals surface area contributed by atoms with Gasteiger partial charge in [0.2, 0.25) is 0 Å². The third kappa shape index (κ3) is 4.25. The zero-order valence-electron chi connectivity index (χ0n) is 18.9. The Labute approximate surface area is 202 Å². The molecule has 0 aromatic heterocycles. The Morgan fingerprint density at radius 1 is 1.03 bits per heavy atom. The lowest BCUT2D eigenvalue weighted by Crippen LogP contribution is -2.27. The SMILES string of the molecule is Cc1c(OBr)ccc(C2=Cc3ccc4c(c3OC2)C=CC(C)(C)O4)c1OCc1ccccc1. The molecule has 3 aromatic rings. The van der Waals surface area contributed by atoms with E-state index >= 15 is 0 Å². The van der Waals surface area contributed by atoms with Gasteiger partial charge in [-0.25, -0.2) is 0 Å². The third-order valence-electron chi connectivity index (χ3n) is 5.92. The van der Waals surface area contributed by atoms with Gasteiger partial charge in [-0.1, -0.05) is 30.3 Å². The molecule has 5 heteroatoms. The molecule has 0 atom stereocenters. The molecule has 0 saturated carbocycles. The molecule has 0 bridgehead atoms. The first-order valence-electron chi connectivity index (χ1n) is 10.9. The minimum absolute atomic E-state index is 0.321. The van der Waals surface area contributed by atoms with Crippen LogP contribution >= 0.6 is 16.3 Å². The molecule has 0 N–H and O–H groups in total. The molecule has 2 aliphatic heterocycles. The van der Waals surface area contributed by atoms with Crippen molar-refractivity contribution in [2.24, 2.45) is 0 Å². The average molecular weight is 505 g/mol. The molecular weight excluding hydrogens is 480 g/mol. The summed E-state index contributed by atoms with van der Waals surface area (Å²) >= 11 is 3.11. The molecule has 3 aromatic carbocycles. The van der Waals surface area contributed by atoms with E-state index in [0.29, 0.717) is 13.2 Å². The van der Waals surface area contributed by atoms with Crippen molar-refractivity contribution < 1.29 is 18.0 Å². The Morgan fingerprint density at radius 3 is 2.64 bits per heavy atom. The van der Waals surface area contributed by atoms with E-state index in [1.54, 1.807) is 0 Å². The van der Waals surface area contributed by atoms with E-state index < -0.39 is 0 Å². The number of fused-ring (bicyclic) bond motifs is 3. The second-order valence-corrected chi connectivity index (χ2v) is 9.13. The Bertz CT molecular complexity index is 1260. The van der Waals surface area contributed by atoms with Gasteiger partial charge >= 0.3 is 0 Å². The molecule has 0 saturated heterocycles. The highest BCUT2D eigenvalue weighted by atomic mass is 79.9. The fourth-order valence-corrected chi connectivity index (χ4v) is 4.53. The normalized spacial score (nSPS) is 15.5. The number of rotatable bonds is 5. The lowest BCUT2D eigenvalue weighted by Gasteiger charge is -2.30. The van der Waals surface area contributed by atoms with Gasteiger partial charge in [-0.2, -0.15) is 0 Å². The Hall–Kier alpha value is -3.18. The minimum Gasteiger partial charge on any atom is -0.488 e. The van der Waals surface area contributed by atoms with Crippen LogP contribution < -0.4 is 18.0 Å². The molecule has 5 rings (SSSR count). The Morgan fingerprint density at radius 2 is 1.85 bits per heavy atom. The summed E-state index contributed by atoms with van der Waals surface area (Å²) in [5.74, 6) is 3.21. The summed E-state index contributed by atoms with van der Waals surface area (Å²) in [7, 11) is 0. The maximum atomic E-state index is 6.32. The van der Waals surface area contributed by atoms with E-state index in [0.717, 1.165) is 56.4 Å². The van der Waals surface area contributed by atoms with Gasteiger partial charge in [0, 0.05) is 22.3 Å². The molecule has 0 amide bonds. The summed E-state index contributed by atoms with van der Waals surface area (Å²) in [6.07, 6.45) is 6.33. The number of hydrogen-bond acceptors (Lipinski definition) is 4. The lowest BCUT2D eigenvalue weighted by molar-refractivity contribution is 0.158. The van der Waals surface area contributed by atoms with Crippen molar-refractivity contribution in [3.63, 3.8) is 0 Å². The molecule has 168 valence electrons. The highest BCUT2D eigenvalue weighted by Gasteiger charge is 2.27. The average Bonchev–Trinajstić information content (AvgIpc) is 2.82. The van der Waals surface area contributed by atoms with Crippen LogP contribution in [0.3, 0.4) is 0 Å². The molecule has 2 heterocycles. The van der Waals surface area contributed by atoms with Gasteiger partial charge < -0.3 is 18.0 Å². The molecule has 0 fully saturated rings. The van der Waals surface area contributed by atoms with Crippen molar-refractivity contribution in [2.45, 2.75) is 33.0 Å². The van der Waals surface area contributed by atoms with Crippen LogP contribution in [0.2, 0.25) is 0 Å². The predicted octanol–water partition coefficient (Wildman–Crippen LogP) is 7.38. The van der Waals surface area contributed by atoms with Crippen LogP contribution in [0.1, 0.15) is 41.7 Å². The van der Waals surface area contributed by atoms with Gasteiger partial charge in [-0.05, 0) is 68.8 Å². The zero-order valence-corrected chi connectivity index (χ0v) is 20.4. The minimum atomic E-state index is -0.321. The van der Waals surface area contributed by atoms with Gasteiger partial charge in [0.15, 0.2) is 16.3 Å². The van der Waals surface area contributed by atoms with E-state index in [4.69, 9.17) is 18.0 Å². The standard InChI is InChI=1S/C28H25BrO4/c1-18-24(33-29)12-10-22(26(18)30-16-19-7-5-4-6-8-19)21-15-20-9-11-25-23(27(20)31-17-21)13-14-28(2,3)32-25/h4-15H,16-17H2,1-3H3. The zero-order chi connectivity index (χ0) is 23.0. The van der Waals surface area contributed by atoms with Crippen LogP contribution in [-0.2, 0) is 6.61 Å². The molecule has 0 unspecified atom stereocenters. The molecule has 0 spiro atoms. The predicted molar refractivity (Wildman–Crippen MR) is 135 cm³/mol. The Kier molecular flexibility index (Phi) is 5.67. The van der Waals surface area contributed by atoms with Crippen LogP contribution in [0.5, 0.6) is 23.0 Å². The first kappa shape index (κ1) is 21.7. The van der Waals surface area contributed by atoms with Gasteiger partial charge in [0.05, 0.1) is 5.56 Å². The van der Waals surface area contributed by atoms with E-state index in [2.05, 4.69) is 52.7 Å². The summed E-state index contributed by atoms with van der Waals surface area (Å²) < 4.78 is 24.1. The second-order valence-electron chi connectivity index (χ2n) is 8.81. The summed E-state index contributed by atoms with van der Waals surface area (Å²) in [4.78, 5) is 0. The molecule has 2 aliphatic rings. The van der Waals surface area contributed by atoms with Crippen LogP contribution in [-0.4, -0.2) is 12.2 Å². The topological polar surface area (TPSA) is 36.9 Å². The summed E-state index contributed by atoms with van der Waals surface area (Å²) in [6.45, 7) is 7.00. The Balaban J connectivity index is 1.52. The summed E-state index contributed by atoms with van der Waals surface area (Å²) in [5.41, 5.74) is 5.77. The van der Waals surface area contributed by atoms with Crippen LogP contribution in [0.4, 0.5) is 0 Å². The van der Waals surface area contributed by atoms with E-state index in [-0.39, 0.29) is 5.60 Å². The van der Waals surface area contributed by atoms with Gasteiger partial charge in [-0.15, -0.1) is 0 Å². The summed E-state index contributed by atoms with van der Waals surface area (Å²) in [5, 5.41) is 0. The van der Waals surface area contributed by atoms with Crippen LogP contribution in [0, 0.1) is 6.92 Å². The van der Waals surface area contributed by atoms with E-state index in [1.165, 1.54) is 0 Å². The number of ether oxygens (including phenoxy) is 3. The largest absolute Gasteiger partial charge is 0.488 e. The van der Waals surface area contributed by atoms with Crippen molar-refractivity contribution in [3.05, 3.63) is 88.5 Å². The van der Waals surface area contributed by atoms with Crippen molar-refractivity contribution >= 4 is 34.0 Å². The first-order valence-corrected chi connectivity index (χ1v) is 11.6. The van der Waals surface area contributed by atoms with E-state index in [1.807, 2.05) is 57.2 Å². The molecule has 33 heavy (non-hydrogen) atoms. The fraction of sp³-hybridized carbons (Fsp3) is 0.214. The maximum absolute atomic E-state index is 6.32. The second kappa shape index (κ2) is 8.64. The number of benzene rings is 3. The van der Waals surface area contributed by atoms with Gasteiger partial charge in [0.25, 0.3) is 0 Å². The quantitative estimate of drug-likeness (QED) is 0.363. The molecule has 0 radical (unpaired) electrons. The van der Waals surface area contributed by atoms with Crippen molar-refractivity contribution in [2.75, 3.05) is 6.61 Å². The van der Waals surface area contributed by atoms with Gasteiger partial charge in [-0.3, -0.25) is 0 Å². The van der Waals surface area contributed by atoms with Gasteiger partial charge in [0.1, 0.15) is 41.8 Å². The lowest BCUT2D eigenvalue weighted by atomic mass is 9.94. The molecule has 0 aliphatic carbocycles. The van der Waals surface area contributed by atoms with Crippen molar-refractivity contribution in [1.82, 2.24) is 0 Å². The van der Waals surface area contributed by atoms with Crippen molar-refractivity contribution in [3.8, 4) is 23.0 Å². The monoisotopic (exact) mass is 504 g/mol. The maximum Gasteiger partial charge on any atom is 0.179 e. The fourth-order valence-electron chi connectivity index (χ4n) is 4.18. The summed E-state index contributed by atoms with van der Waals surface area (Å²) in [6, 6.07) is 18.2. The number of hydrogen-bond donors (Lipinski definition) is 0. The highest BCUT2D eigenvalue weighted by molar-refractivity contribution is 9.06. The molecule has 4 nitrogen and oxygen atoms in total. The van der Waals surface area contributed by atoms with Crippen LogP contribution in [0.25, 0.3) is 17.7 Å².